The first-order valence-corrected chi connectivity index (χ1v) is 8.97. The van der Waals surface area contributed by atoms with Crippen LogP contribution in [0.25, 0.3) is 0 Å². The van der Waals surface area contributed by atoms with E-state index in [2.05, 4.69) is 43.4 Å². The molecular formula is C20H22Cl2N2O2. The molecule has 0 aliphatic heterocycles. The Morgan fingerprint density at radius 2 is 1.81 bits per heavy atom. The fraction of sp³-hybridized carbons (Fsp3) is 0.300. The van der Waals surface area contributed by atoms with Gasteiger partial charge in [0.25, 0.3) is 5.91 Å². The highest BCUT2D eigenvalue weighted by atomic mass is 35.5. The third kappa shape index (κ3) is 5.75. The minimum Gasteiger partial charge on any atom is -0.479 e. The summed E-state index contributed by atoms with van der Waals surface area (Å²) in [5.74, 6) is 0.0130. The smallest absolute Gasteiger partial charge is 0.280 e. The van der Waals surface area contributed by atoms with E-state index < -0.39 is 6.10 Å². The molecule has 0 heterocycles. The van der Waals surface area contributed by atoms with Gasteiger partial charge in [-0.3, -0.25) is 4.79 Å². The highest BCUT2D eigenvalue weighted by Crippen LogP contribution is 2.28. The van der Waals surface area contributed by atoms with Crippen molar-refractivity contribution < 1.29 is 9.53 Å². The number of nitrogens with one attached hydrogen (secondary N) is 1. The summed E-state index contributed by atoms with van der Waals surface area (Å²) in [4.78, 5) is 12.1. The molecule has 0 saturated heterocycles. The number of benzene rings is 2. The summed E-state index contributed by atoms with van der Waals surface area (Å²) in [5, 5.41) is 4.82. The predicted octanol–water partition coefficient (Wildman–Crippen LogP) is 5.21. The third-order valence-corrected chi connectivity index (χ3v) is 4.26. The molecular weight excluding hydrogens is 371 g/mol. The van der Waals surface area contributed by atoms with Gasteiger partial charge < -0.3 is 4.74 Å². The van der Waals surface area contributed by atoms with Crippen LogP contribution in [0.1, 0.15) is 38.8 Å². The van der Waals surface area contributed by atoms with Crippen LogP contribution in [0, 0.1) is 0 Å². The van der Waals surface area contributed by atoms with E-state index in [0.717, 1.165) is 5.56 Å². The number of carbonyl (C=O) groups is 1. The van der Waals surface area contributed by atoms with Crippen molar-refractivity contribution in [1.29, 1.82) is 0 Å². The fourth-order valence-corrected chi connectivity index (χ4v) is 2.60. The molecule has 0 aliphatic rings. The average Bonchev–Trinajstić information content (AvgIpc) is 2.57. The number of nitrogens with zero attached hydrogens (tertiary/aromatic N) is 1. The number of halogens is 2. The Balaban J connectivity index is 1.91. The second-order valence-electron chi connectivity index (χ2n) is 6.94. The quantitative estimate of drug-likeness (QED) is 0.560. The van der Waals surface area contributed by atoms with Crippen LogP contribution in [-0.4, -0.2) is 18.2 Å². The monoisotopic (exact) mass is 392 g/mol. The van der Waals surface area contributed by atoms with Crippen molar-refractivity contribution in [2.45, 2.75) is 39.2 Å². The second-order valence-corrected chi connectivity index (χ2v) is 7.78. The highest BCUT2D eigenvalue weighted by Gasteiger charge is 2.16. The highest BCUT2D eigenvalue weighted by molar-refractivity contribution is 6.35. The Labute approximate surface area is 164 Å². The first-order valence-electron chi connectivity index (χ1n) is 8.22. The number of rotatable bonds is 5. The van der Waals surface area contributed by atoms with Crippen LogP contribution in [0.3, 0.4) is 0 Å². The lowest BCUT2D eigenvalue weighted by Crippen LogP contribution is -2.33. The first kappa shape index (κ1) is 20.3. The first-order chi connectivity index (χ1) is 12.2. The van der Waals surface area contributed by atoms with Gasteiger partial charge in [0.1, 0.15) is 5.75 Å². The van der Waals surface area contributed by atoms with E-state index >= 15 is 0 Å². The molecule has 0 spiro atoms. The van der Waals surface area contributed by atoms with E-state index in [1.807, 2.05) is 12.1 Å². The van der Waals surface area contributed by atoms with Gasteiger partial charge in [0.2, 0.25) is 0 Å². The molecule has 0 radical (unpaired) electrons. The SMILES string of the molecule is CC(Oc1ccc(Cl)cc1Cl)C(=O)N/N=C/c1ccc(C(C)(C)C)cc1. The zero-order valence-corrected chi connectivity index (χ0v) is 16.7. The normalized spacial score (nSPS) is 12.8. The van der Waals surface area contributed by atoms with Gasteiger partial charge in [-0.2, -0.15) is 5.10 Å². The van der Waals surface area contributed by atoms with Crippen molar-refractivity contribution in [3.05, 3.63) is 63.6 Å². The second kappa shape index (κ2) is 8.56. The Hall–Kier alpha value is -2.04. The van der Waals surface area contributed by atoms with Crippen LogP contribution in [0.4, 0.5) is 0 Å². The van der Waals surface area contributed by atoms with Crippen molar-refractivity contribution in [2.75, 3.05) is 0 Å². The molecule has 0 aliphatic carbocycles. The summed E-state index contributed by atoms with van der Waals surface area (Å²) in [6.45, 7) is 8.09. The van der Waals surface area contributed by atoms with Crippen LogP contribution in [0.15, 0.2) is 47.6 Å². The van der Waals surface area contributed by atoms with Crippen LogP contribution < -0.4 is 10.2 Å². The summed E-state index contributed by atoms with van der Waals surface area (Å²) in [6.07, 6.45) is 0.834. The number of carbonyl (C=O) groups excluding carboxylic acids is 1. The molecule has 2 aromatic rings. The Kier molecular flexibility index (Phi) is 6.68. The van der Waals surface area contributed by atoms with Crippen molar-refractivity contribution in [2.24, 2.45) is 5.10 Å². The largest absolute Gasteiger partial charge is 0.479 e. The Bertz CT molecular complexity index is 796. The van der Waals surface area contributed by atoms with Gasteiger partial charge in [-0.05, 0) is 41.7 Å². The van der Waals surface area contributed by atoms with Crippen molar-refractivity contribution in [3.63, 3.8) is 0 Å². The average molecular weight is 393 g/mol. The number of hydrogen-bond donors (Lipinski definition) is 1. The van der Waals surface area contributed by atoms with Crippen LogP contribution in [-0.2, 0) is 10.2 Å². The molecule has 0 bridgehead atoms. The standard InChI is InChI=1S/C20H22Cl2N2O2/c1-13(26-18-10-9-16(21)11-17(18)22)19(25)24-23-12-14-5-7-15(8-6-14)20(2,3)4/h5-13H,1-4H3,(H,24,25)/b23-12+. The van der Waals surface area contributed by atoms with Gasteiger partial charge in [-0.25, -0.2) is 5.43 Å². The topological polar surface area (TPSA) is 50.7 Å². The zero-order chi connectivity index (χ0) is 19.3. The summed E-state index contributed by atoms with van der Waals surface area (Å²) in [7, 11) is 0. The molecule has 2 aromatic carbocycles. The van der Waals surface area contributed by atoms with E-state index in [9.17, 15) is 4.79 Å². The third-order valence-electron chi connectivity index (χ3n) is 3.73. The van der Waals surface area contributed by atoms with E-state index in [4.69, 9.17) is 27.9 Å². The van der Waals surface area contributed by atoms with Crippen molar-refractivity contribution >= 4 is 35.3 Å². The van der Waals surface area contributed by atoms with Gasteiger partial charge in [0, 0.05) is 5.02 Å². The molecule has 1 atom stereocenters. The number of ether oxygens (including phenoxy) is 1. The minimum atomic E-state index is -0.755. The fourth-order valence-electron chi connectivity index (χ4n) is 2.15. The van der Waals surface area contributed by atoms with Gasteiger partial charge in [-0.1, -0.05) is 68.2 Å². The molecule has 6 heteroatoms. The van der Waals surface area contributed by atoms with Crippen LogP contribution in [0.2, 0.25) is 10.0 Å². The molecule has 2 rings (SSSR count). The van der Waals surface area contributed by atoms with Gasteiger partial charge in [0.15, 0.2) is 6.10 Å². The lowest BCUT2D eigenvalue weighted by molar-refractivity contribution is -0.127. The lowest BCUT2D eigenvalue weighted by atomic mass is 9.87. The molecule has 1 unspecified atom stereocenters. The van der Waals surface area contributed by atoms with E-state index in [-0.39, 0.29) is 11.3 Å². The van der Waals surface area contributed by atoms with Gasteiger partial charge >= 0.3 is 0 Å². The molecule has 1 N–H and O–H groups in total. The Morgan fingerprint density at radius 3 is 2.38 bits per heavy atom. The zero-order valence-electron chi connectivity index (χ0n) is 15.2. The Morgan fingerprint density at radius 1 is 1.15 bits per heavy atom. The van der Waals surface area contributed by atoms with E-state index in [1.54, 1.807) is 31.3 Å². The summed E-state index contributed by atoms with van der Waals surface area (Å²) in [6, 6.07) is 12.9. The number of hydrazone groups is 1. The number of amides is 1. The van der Waals surface area contributed by atoms with Crippen molar-refractivity contribution in [1.82, 2.24) is 5.43 Å². The molecule has 1 amide bonds. The lowest BCUT2D eigenvalue weighted by Gasteiger charge is -2.18. The summed E-state index contributed by atoms with van der Waals surface area (Å²) in [5.41, 5.74) is 4.69. The predicted molar refractivity (Wildman–Crippen MR) is 107 cm³/mol. The maximum Gasteiger partial charge on any atom is 0.280 e. The van der Waals surface area contributed by atoms with Gasteiger partial charge in [0.05, 0.1) is 11.2 Å². The molecule has 138 valence electrons. The maximum absolute atomic E-state index is 12.1. The van der Waals surface area contributed by atoms with Gasteiger partial charge in [-0.15, -0.1) is 0 Å². The van der Waals surface area contributed by atoms with Crippen molar-refractivity contribution in [3.8, 4) is 5.75 Å². The summed E-state index contributed by atoms with van der Waals surface area (Å²) < 4.78 is 5.54. The molecule has 26 heavy (non-hydrogen) atoms. The van der Waals surface area contributed by atoms with Crippen LogP contribution in [0.5, 0.6) is 5.75 Å². The minimum absolute atomic E-state index is 0.0968. The van der Waals surface area contributed by atoms with E-state index in [1.165, 1.54) is 5.56 Å². The maximum atomic E-state index is 12.1. The van der Waals surface area contributed by atoms with Crippen LogP contribution >= 0.6 is 23.2 Å². The molecule has 0 saturated carbocycles. The summed E-state index contributed by atoms with van der Waals surface area (Å²) >= 11 is 11.9. The molecule has 4 nitrogen and oxygen atoms in total. The molecule has 0 fully saturated rings. The van der Waals surface area contributed by atoms with E-state index in [0.29, 0.717) is 15.8 Å². The number of hydrogen-bond acceptors (Lipinski definition) is 3. The molecule has 0 aromatic heterocycles.